The second-order valence-electron chi connectivity index (χ2n) is 6.74. The van der Waals surface area contributed by atoms with Crippen molar-refractivity contribution in [3.63, 3.8) is 0 Å². The highest BCUT2D eigenvalue weighted by Crippen LogP contribution is 2.33. The number of hydrogen-bond donors (Lipinski definition) is 2. The van der Waals surface area contributed by atoms with E-state index in [1.807, 2.05) is 30.3 Å². The SMILES string of the molecule is COc1cccc(C(=O)Nc2ccc3c(c2)/C(=N/O)C(=O)N3Cc2ccccc2)c1. The predicted molar refractivity (Wildman–Crippen MR) is 113 cm³/mol. The summed E-state index contributed by atoms with van der Waals surface area (Å²) in [6, 6.07) is 21.4. The number of benzene rings is 3. The van der Waals surface area contributed by atoms with Crippen LogP contribution in [0.5, 0.6) is 5.75 Å². The van der Waals surface area contributed by atoms with Crippen LogP contribution in [0, 0.1) is 0 Å². The normalized spacial score (nSPS) is 14.0. The van der Waals surface area contributed by atoms with Crippen LogP contribution in [0.15, 0.2) is 78.0 Å². The molecule has 1 aliphatic rings. The van der Waals surface area contributed by atoms with Gasteiger partial charge in [-0.1, -0.05) is 41.6 Å². The van der Waals surface area contributed by atoms with E-state index < -0.39 is 5.91 Å². The largest absolute Gasteiger partial charge is 0.497 e. The van der Waals surface area contributed by atoms with Gasteiger partial charge in [-0.25, -0.2) is 0 Å². The minimum atomic E-state index is -0.396. The molecule has 0 spiro atoms. The molecule has 0 radical (unpaired) electrons. The number of oxime groups is 1. The molecule has 0 atom stereocenters. The highest BCUT2D eigenvalue weighted by Gasteiger charge is 2.34. The fourth-order valence-electron chi connectivity index (χ4n) is 3.38. The summed E-state index contributed by atoms with van der Waals surface area (Å²) in [4.78, 5) is 26.9. The third-order valence-corrected chi connectivity index (χ3v) is 4.86. The topological polar surface area (TPSA) is 91.2 Å². The van der Waals surface area contributed by atoms with E-state index in [0.29, 0.717) is 34.8 Å². The molecular formula is C23H19N3O4. The number of carbonyl (C=O) groups excluding carboxylic acids is 2. The van der Waals surface area contributed by atoms with Crippen LogP contribution >= 0.6 is 0 Å². The summed E-state index contributed by atoms with van der Waals surface area (Å²) in [7, 11) is 1.53. The smallest absolute Gasteiger partial charge is 0.281 e. The third-order valence-electron chi connectivity index (χ3n) is 4.86. The molecule has 2 N–H and O–H groups in total. The Morgan fingerprint density at radius 1 is 1.07 bits per heavy atom. The summed E-state index contributed by atoms with van der Waals surface area (Å²) >= 11 is 0. The van der Waals surface area contributed by atoms with Crippen molar-refractivity contribution >= 4 is 28.9 Å². The van der Waals surface area contributed by atoms with Gasteiger partial charge in [0.15, 0.2) is 5.71 Å². The standard InChI is InChI=1S/C23H19N3O4/c1-30-18-9-5-8-16(12-18)22(27)24-17-10-11-20-19(13-17)21(25-29)23(28)26(20)14-15-6-3-2-4-7-15/h2-13,29H,14H2,1H3,(H,24,27)/b25-21-. The molecule has 0 aromatic heterocycles. The average molecular weight is 401 g/mol. The Balaban J connectivity index is 1.61. The lowest BCUT2D eigenvalue weighted by Crippen LogP contribution is -2.29. The Kier molecular flexibility index (Phi) is 5.17. The van der Waals surface area contributed by atoms with Gasteiger partial charge in [-0.2, -0.15) is 0 Å². The zero-order valence-corrected chi connectivity index (χ0v) is 16.2. The number of ether oxygens (including phenoxy) is 1. The van der Waals surface area contributed by atoms with E-state index in [1.165, 1.54) is 7.11 Å². The molecule has 30 heavy (non-hydrogen) atoms. The maximum Gasteiger partial charge on any atom is 0.281 e. The van der Waals surface area contributed by atoms with Gasteiger partial charge in [0.25, 0.3) is 11.8 Å². The number of nitrogens with zero attached hydrogens (tertiary/aromatic N) is 2. The molecule has 4 rings (SSSR count). The van der Waals surface area contributed by atoms with E-state index in [1.54, 1.807) is 47.4 Å². The van der Waals surface area contributed by atoms with Gasteiger partial charge >= 0.3 is 0 Å². The van der Waals surface area contributed by atoms with Gasteiger partial charge in [-0.15, -0.1) is 0 Å². The van der Waals surface area contributed by atoms with Gasteiger partial charge in [0.2, 0.25) is 0 Å². The number of fused-ring (bicyclic) bond motifs is 1. The molecule has 0 unspecified atom stereocenters. The summed E-state index contributed by atoms with van der Waals surface area (Å²) in [5, 5.41) is 15.4. The van der Waals surface area contributed by atoms with Crippen LogP contribution in [0.3, 0.4) is 0 Å². The molecule has 0 saturated heterocycles. The molecule has 7 heteroatoms. The van der Waals surface area contributed by atoms with Crippen LogP contribution in [0.2, 0.25) is 0 Å². The van der Waals surface area contributed by atoms with Gasteiger partial charge in [0, 0.05) is 16.8 Å². The monoisotopic (exact) mass is 401 g/mol. The number of amides is 2. The first kappa shape index (κ1) is 19.2. The highest BCUT2D eigenvalue weighted by molar-refractivity contribution is 6.54. The van der Waals surface area contributed by atoms with Gasteiger partial charge in [-0.05, 0) is 42.0 Å². The lowest BCUT2D eigenvalue weighted by molar-refractivity contribution is -0.112. The van der Waals surface area contributed by atoms with Crippen molar-refractivity contribution in [3.8, 4) is 5.75 Å². The number of hydrogen-bond acceptors (Lipinski definition) is 5. The molecule has 2 amide bonds. The minimum absolute atomic E-state index is 0.0570. The van der Waals surface area contributed by atoms with Gasteiger partial charge in [0.1, 0.15) is 5.75 Å². The number of nitrogens with one attached hydrogen (secondary N) is 1. The lowest BCUT2D eigenvalue weighted by atomic mass is 10.1. The summed E-state index contributed by atoms with van der Waals surface area (Å²) in [6.45, 7) is 0.348. The number of rotatable bonds is 5. The van der Waals surface area contributed by atoms with Crippen LogP contribution in [0.25, 0.3) is 0 Å². The van der Waals surface area contributed by atoms with E-state index in [-0.39, 0.29) is 11.6 Å². The molecule has 1 aliphatic heterocycles. The summed E-state index contributed by atoms with van der Waals surface area (Å²) in [5.41, 5.74) is 2.90. The highest BCUT2D eigenvalue weighted by atomic mass is 16.5. The first-order chi connectivity index (χ1) is 14.6. The van der Waals surface area contributed by atoms with E-state index >= 15 is 0 Å². The molecule has 3 aromatic rings. The van der Waals surface area contributed by atoms with Crippen molar-refractivity contribution in [1.82, 2.24) is 0 Å². The van der Waals surface area contributed by atoms with Gasteiger partial charge in [0.05, 0.1) is 19.3 Å². The van der Waals surface area contributed by atoms with Crippen molar-refractivity contribution in [1.29, 1.82) is 0 Å². The van der Waals surface area contributed by atoms with E-state index in [0.717, 1.165) is 5.56 Å². The molecule has 0 bridgehead atoms. The first-order valence-corrected chi connectivity index (χ1v) is 9.28. The van der Waals surface area contributed by atoms with E-state index in [2.05, 4.69) is 10.5 Å². The van der Waals surface area contributed by atoms with E-state index in [9.17, 15) is 14.8 Å². The Bertz CT molecular complexity index is 1140. The fraction of sp³-hybridized carbons (Fsp3) is 0.0870. The van der Waals surface area contributed by atoms with Crippen LogP contribution < -0.4 is 15.0 Å². The number of methoxy groups -OCH3 is 1. The molecule has 0 fully saturated rings. The second-order valence-corrected chi connectivity index (χ2v) is 6.74. The third kappa shape index (κ3) is 3.60. The van der Waals surface area contributed by atoms with Crippen LogP contribution in [0.4, 0.5) is 11.4 Å². The minimum Gasteiger partial charge on any atom is -0.497 e. The van der Waals surface area contributed by atoms with Gasteiger partial charge in [-0.3, -0.25) is 9.59 Å². The second kappa shape index (κ2) is 8.08. The first-order valence-electron chi connectivity index (χ1n) is 9.28. The van der Waals surface area contributed by atoms with Crippen molar-refractivity contribution in [2.45, 2.75) is 6.54 Å². The molecule has 0 saturated carbocycles. The lowest BCUT2D eigenvalue weighted by Gasteiger charge is -2.17. The quantitative estimate of drug-likeness (QED) is 0.504. The van der Waals surface area contributed by atoms with Crippen molar-refractivity contribution < 1.29 is 19.5 Å². The molecule has 150 valence electrons. The Morgan fingerprint density at radius 2 is 1.87 bits per heavy atom. The predicted octanol–water partition coefficient (Wildman–Crippen LogP) is 3.67. The number of anilines is 2. The molecule has 7 nitrogen and oxygen atoms in total. The fourth-order valence-corrected chi connectivity index (χ4v) is 3.38. The zero-order valence-electron chi connectivity index (χ0n) is 16.2. The molecule has 0 aliphatic carbocycles. The van der Waals surface area contributed by atoms with Crippen molar-refractivity contribution in [3.05, 3.63) is 89.5 Å². The maximum atomic E-state index is 12.8. The molecular weight excluding hydrogens is 382 g/mol. The van der Waals surface area contributed by atoms with Crippen molar-refractivity contribution in [2.24, 2.45) is 5.16 Å². The summed E-state index contributed by atoms with van der Waals surface area (Å²) in [6.07, 6.45) is 0. The molecule has 3 aromatic carbocycles. The van der Waals surface area contributed by atoms with Crippen molar-refractivity contribution in [2.75, 3.05) is 17.3 Å². The van der Waals surface area contributed by atoms with Crippen LogP contribution in [-0.4, -0.2) is 29.8 Å². The van der Waals surface area contributed by atoms with E-state index in [4.69, 9.17) is 4.74 Å². The Labute approximate surface area is 173 Å². The maximum absolute atomic E-state index is 12.8. The Morgan fingerprint density at radius 3 is 2.60 bits per heavy atom. The molecule has 1 heterocycles. The summed E-state index contributed by atoms with van der Waals surface area (Å²) < 4.78 is 5.15. The Hall–Kier alpha value is -4.13. The van der Waals surface area contributed by atoms with Gasteiger partial charge < -0.3 is 20.2 Å². The number of carbonyl (C=O) groups is 2. The van der Waals surface area contributed by atoms with Crippen LogP contribution in [0.1, 0.15) is 21.5 Å². The average Bonchev–Trinajstić information content (AvgIpc) is 3.04. The summed E-state index contributed by atoms with van der Waals surface area (Å²) in [5.74, 6) is -0.136. The zero-order chi connectivity index (χ0) is 21.1. The van der Waals surface area contributed by atoms with Crippen LogP contribution in [-0.2, 0) is 11.3 Å².